The SMILES string of the molecule is CC1(C(F)(F)F)CCC(c2nc(C(=O)N3CCC(C(F)(F)F)CC3)c(CO)s2)CC1. The van der Waals surface area contributed by atoms with E-state index in [4.69, 9.17) is 0 Å². The van der Waals surface area contributed by atoms with Gasteiger partial charge in [-0.25, -0.2) is 4.98 Å². The molecule has 170 valence electrons. The third-order valence-corrected chi connectivity index (χ3v) is 7.63. The molecule has 3 rings (SSSR count). The van der Waals surface area contributed by atoms with Crippen LogP contribution in [0, 0.1) is 11.3 Å². The molecule has 0 unspecified atom stereocenters. The van der Waals surface area contributed by atoms with E-state index >= 15 is 0 Å². The first-order chi connectivity index (χ1) is 13.9. The number of thiazole rings is 1. The zero-order valence-electron chi connectivity index (χ0n) is 16.4. The van der Waals surface area contributed by atoms with Gasteiger partial charge >= 0.3 is 12.4 Å². The standard InChI is InChI=1S/C19H24F6N2O2S/c1-17(19(23,24)25)6-2-11(3-7-17)15-26-14(13(10-28)30-15)16(29)27-8-4-12(5-9-27)18(20,21)22/h11-12,28H,2-10H2,1H3. The van der Waals surface area contributed by atoms with Crippen molar-refractivity contribution in [1.82, 2.24) is 9.88 Å². The molecule has 1 aliphatic heterocycles. The molecule has 0 aromatic carbocycles. The Morgan fingerprint density at radius 3 is 2.17 bits per heavy atom. The quantitative estimate of drug-likeness (QED) is 0.628. The fraction of sp³-hybridized carbons (Fsp3) is 0.789. The van der Waals surface area contributed by atoms with Crippen LogP contribution >= 0.6 is 11.3 Å². The highest BCUT2D eigenvalue weighted by molar-refractivity contribution is 7.12. The molecular weight excluding hydrogens is 434 g/mol. The van der Waals surface area contributed by atoms with Crippen LogP contribution in [-0.2, 0) is 6.61 Å². The summed E-state index contributed by atoms with van der Waals surface area (Å²) in [5.41, 5.74) is -1.73. The molecule has 2 heterocycles. The number of aliphatic hydroxyl groups excluding tert-OH is 1. The number of hydrogen-bond donors (Lipinski definition) is 1. The normalized spacial score (nSPS) is 26.8. The van der Waals surface area contributed by atoms with Gasteiger partial charge in [-0.3, -0.25) is 4.79 Å². The number of rotatable bonds is 3. The van der Waals surface area contributed by atoms with Gasteiger partial charge in [-0.2, -0.15) is 26.3 Å². The number of hydrogen-bond acceptors (Lipinski definition) is 4. The average Bonchev–Trinajstić information content (AvgIpc) is 3.11. The van der Waals surface area contributed by atoms with Crippen LogP contribution in [0.5, 0.6) is 0 Å². The van der Waals surface area contributed by atoms with E-state index in [1.807, 2.05) is 0 Å². The average molecular weight is 458 g/mol. The summed E-state index contributed by atoms with van der Waals surface area (Å²) in [5.74, 6) is -2.19. The lowest BCUT2D eigenvalue weighted by Crippen LogP contribution is -2.42. The number of carbonyl (C=O) groups is 1. The second-order valence-electron chi connectivity index (χ2n) is 8.42. The van der Waals surface area contributed by atoms with E-state index < -0.39 is 36.2 Å². The summed E-state index contributed by atoms with van der Waals surface area (Å²) >= 11 is 1.10. The van der Waals surface area contributed by atoms with Gasteiger partial charge in [-0.15, -0.1) is 11.3 Å². The molecule has 0 radical (unpaired) electrons. The summed E-state index contributed by atoms with van der Waals surface area (Å²) in [6.07, 6.45) is -8.45. The number of carbonyl (C=O) groups excluding carboxylic acids is 1. The molecule has 11 heteroatoms. The van der Waals surface area contributed by atoms with Crippen molar-refractivity contribution in [2.45, 2.75) is 70.3 Å². The molecule has 4 nitrogen and oxygen atoms in total. The Labute approximate surface area is 174 Å². The summed E-state index contributed by atoms with van der Waals surface area (Å²) in [5, 5.41) is 10.1. The van der Waals surface area contributed by atoms with E-state index in [0.29, 0.717) is 9.88 Å². The third-order valence-electron chi connectivity index (χ3n) is 6.43. The maximum Gasteiger partial charge on any atom is 0.394 e. The van der Waals surface area contributed by atoms with Crippen molar-refractivity contribution in [1.29, 1.82) is 0 Å². The Bertz CT molecular complexity index is 760. The Hall–Kier alpha value is -1.36. The number of aromatic nitrogens is 1. The van der Waals surface area contributed by atoms with Crippen molar-refractivity contribution in [3.05, 3.63) is 15.6 Å². The first-order valence-corrected chi connectivity index (χ1v) is 10.7. The van der Waals surface area contributed by atoms with Crippen LogP contribution in [-0.4, -0.2) is 46.3 Å². The summed E-state index contributed by atoms with van der Waals surface area (Å²) in [4.78, 5) is 18.7. The van der Waals surface area contributed by atoms with Gasteiger partial charge in [-0.05, 0) is 38.5 Å². The molecule has 1 aromatic rings. The fourth-order valence-corrected chi connectivity index (χ4v) is 5.25. The lowest BCUT2D eigenvalue weighted by Gasteiger charge is -2.38. The summed E-state index contributed by atoms with van der Waals surface area (Å²) in [6.45, 7) is 0.663. The second kappa shape index (κ2) is 8.29. The predicted octanol–water partition coefficient (Wildman–Crippen LogP) is 5.28. The van der Waals surface area contributed by atoms with E-state index in [9.17, 15) is 36.2 Å². The van der Waals surface area contributed by atoms with Crippen LogP contribution in [0.2, 0.25) is 0 Å². The summed E-state index contributed by atoms with van der Waals surface area (Å²) in [6, 6.07) is 0. The number of nitrogens with zero attached hydrogens (tertiary/aromatic N) is 2. The maximum atomic E-state index is 13.2. The number of halogens is 6. The number of aliphatic hydroxyl groups is 1. The molecule has 1 saturated carbocycles. The molecule has 2 aliphatic rings. The van der Waals surface area contributed by atoms with Gasteiger partial charge in [-0.1, -0.05) is 6.92 Å². The van der Waals surface area contributed by atoms with E-state index in [-0.39, 0.29) is 63.2 Å². The van der Waals surface area contributed by atoms with Gasteiger partial charge in [0.1, 0.15) is 5.69 Å². The highest BCUT2D eigenvalue weighted by Gasteiger charge is 2.52. The molecule has 1 amide bonds. The minimum atomic E-state index is -4.29. The Kier molecular flexibility index (Phi) is 6.44. The minimum Gasteiger partial charge on any atom is -0.391 e. The Balaban J connectivity index is 1.69. The zero-order chi connectivity index (χ0) is 22.3. The molecule has 0 atom stereocenters. The lowest BCUT2D eigenvalue weighted by atomic mass is 9.71. The largest absolute Gasteiger partial charge is 0.394 e. The number of amides is 1. The van der Waals surface area contributed by atoms with E-state index in [1.165, 1.54) is 11.8 Å². The van der Waals surface area contributed by atoms with Crippen molar-refractivity contribution in [3.63, 3.8) is 0 Å². The van der Waals surface area contributed by atoms with Crippen molar-refractivity contribution in [3.8, 4) is 0 Å². The maximum absolute atomic E-state index is 13.2. The molecular formula is C19H24F6N2O2S. The van der Waals surface area contributed by atoms with Crippen LogP contribution in [0.25, 0.3) is 0 Å². The lowest BCUT2D eigenvalue weighted by molar-refractivity contribution is -0.228. The number of likely N-dealkylation sites (tertiary alicyclic amines) is 1. The summed E-state index contributed by atoms with van der Waals surface area (Å²) in [7, 11) is 0. The van der Waals surface area contributed by atoms with Crippen LogP contribution < -0.4 is 0 Å². The highest BCUT2D eigenvalue weighted by atomic mass is 32.1. The molecule has 30 heavy (non-hydrogen) atoms. The predicted molar refractivity (Wildman–Crippen MR) is 98.1 cm³/mol. The van der Waals surface area contributed by atoms with Crippen LogP contribution in [0.4, 0.5) is 26.3 Å². The molecule has 1 aromatic heterocycles. The van der Waals surface area contributed by atoms with Crippen molar-refractivity contribution >= 4 is 17.2 Å². The first-order valence-electron chi connectivity index (χ1n) is 9.89. The van der Waals surface area contributed by atoms with Crippen molar-refractivity contribution in [2.75, 3.05) is 13.1 Å². The second-order valence-corrected chi connectivity index (χ2v) is 9.54. The molecule has 1 saturated heterocycles. The van der Waals surface area contributed by atoms with Gasteiger partial charge in [0.05, 0.1) is 27.8 Å². The van der Waals surface area contributed by atoms with Gasteiger partial charge in [0.2, 0.25) is 0 Å². The Morgan fingerprint density at radius 2 is 1.70 bits per heavy atom. The molecule has 1 aliphatic carbocycles. The third kappa shape index (κ3) is 4.61. The summed E-state index contributed by atoms with van der Waals surface area (Å²) < 4.78 is 78.2. The molecule has 0 bridgehead atoms. The Morgan fingerprint density at radius 1 is 1.13 bits per heavy atom. The molecule has 2 fully saturated rings. The number of piperidine rings is 1. The van der Waals surface area contributed by atoms with Gasteiger partial charge < -0.3 is 10.0 Å². The smallest absolute Gasteiger partial charge is 0.391 e. The monoisotopic (exact) mass is 458 g/mol. The molecule has 0 spiro atoms. The minimum absolute atomic E-state index is 0.00659. The zero-order valence-corrected chi connectivity index (χ0v) is 17.3. The van der Waals surface area contributed by atoms with Crippen molar-refractivity contribution in [2.24, 2.45) is 11.3 Å². The van der Waals surface area contributed by atoms with Gasteiger partial charge in [0.25, 0.3) is 5.91 Å². The highest BCUT2D eigenvalue weighted by Crippen LogP contribution is 2.52. The van der Waals surface area contributed by atoms with Gasteiger partial charge in [0.15, 0.2) is 0 Å². The molecule has 1 N–H and O–H groups in total. The first kappa shape index (κ1) is 23.3. The number of alkyl halides is 6. The van der Waals surface area contributed by atoms with Gasteiger partial charge in [0, 0.05) is 19.0 Å². The van der Waals surface area contributed by atoms with Crippen LogP contribution in [0.15, 0.2) is 0 Å². The van der Waals surface area contributed by atoms with Crippen molar-refractivity contribution < 1.29 is 36.2 Å². The topological polar surface area (TPSA) is 53.4 Å². The fourth-order valence-electron chi connectivity index (χ4n) is 4.16. The van der Waals surface area contributed by atoms with Crippen LogP contribution in [0.1, 0.15) is 71.7 Å². The van der Waals surface area contributed by atoms with E-state index in [0.717, 1.165) is 11.3 Å². The van der Waals surface area contributed by atoms with E-state index in [1.54, 1.807) is 0 Å². The van der Waals surface area contributed by atoms with Crippen LogP contribution in [0.3, 0.4) is 0 Å². The van der Waals surface area contributed by atoms with E-state index in [2.05, 4.69) is 4.98 Å².